The molecule has 0 fully saturated rings. The molecule has 0 radical (unpaired) electrons. The van der Waals surface area contributed by atoms with Gasteiger partial charge in [0.25, 0.3) is 0 Å². The molecular formula is C6H4BrClZn. The zero-order valence-corrected chi connectivity index (χ0v) is 10.1. The first-order valence-electron chi connectivity index (χ1n) is 2.01. The molecule has 0 spiro atoms. The minimum absolute atomic E-state index is 0. The molecule has 0 aromatic heterocycles. The van der Waals surface area contributed by atoms with Crippen molar-refractivity contribution in [2.45, 2.75) is 0 Å². The number of benzene rings is 1. The van der Waals surface area contributed by atoms with Crippen LogP contribution in [-0.4, -0.2) is 0 Å². The van der Waals surface area contributed by atoms with Crippen LogP contribution < -0.4 is 17.0 Å². The Kier molecular flexibility index (Phi) is 9.20. The van der Waals surface area contributed by atoms with E-state index in [4.69, 9.17) is 11.6 Å². The van der Waals surface area contributed by atoms with Crippen molar-refractivity contribution in [2.24, 2.45) is 0 Å². The molecule has 1 rings (SSSR count). The summed E-state index contributed by atoms with van der Waals surface area (Å²) >= 11 is 5.52. The van der Waals surface area contributed by atoms with Crippen LogP contribution in [0.5, 0.6) is 0 Å². The maximum Gasteiger partial charge on any atom is 2.00 e. The van der Waals surface area contributed by atoms with Gasteiger partial charge in [0.1, 0.15) is 0 Å². The minimum atomic E-state index is 0. The van der Waals surface area contributed by atoms with Crippen LogP contribution >= 0.6 is 11.6 Å². The summed E-state index contributed by atoms with van der Waals surface area (Å²) in [7, 11) is 0. The Morgan fingerprint density at radius 2 is 1.67 bits per heavy atom. The summed E-state index contributed by atoms with van der Waals surface area (Å²) in [6, 6.07) is 10.00. The molecule has 0 unspecified atom stereocenters. The van der Waals surface area contributed by atoms with Crippen molar-refractivity contribution in [3.05, 3.63) is 35.4 Å². The van der Waals surface area contributed by atoms with Gasteiger partial charge >= 0.3 is 19.5 Å². The Morgan fingerprint density at radius 3 is 1.89 bits per heavy atom. The maximum absolute atomic E-state index is 5.52. The topological polar surface area (TPSA) is 0 Å². The van der Waals surface area contributed by atoms with Crippen LogP contribution in [0, 0.1) is 6.07 Å². The standard InChI is InChI=1S/C6H4Cl.BrH.Zn/c7-6-4-2-1-3-5-6;;/h2-5H;1H;/q-1;;+2/p-1. The molecule has 0 heterocycles. The predicted molar refractivity (Wildman–Crippen MR) is 30.3 cm³/mol. The van der Waals surface area contributed by atoms with Crippen molar-refractivity contribution in [2.75, 3.05) is 0 Å². The van der Waals surface area contributed by atoms with E-state index < -0.39 is 0 Å². The van der Waals surface area contributed by atoms with Crippen LogP contribution in [0.15, 0.2) is 24.3 Å². The summed E-state index contributed by atoms with van der Waals surface area (Å²) in [5.41, 5.74) is 0. The summed E-state index contributed by atoms with van der Waals surface area (Å²) in [4.78, 5) is 0. The fraction of sp³-hybridized carbons (Fsp3) is 0. The molecule has 0 saturated carbocycles. The van der Waals surface area contributed by atoms with Crippen LogP contribution in [0.2, 0.25) is 5.02 Å². The Hall–Kier alpha value is 0.613. The molecule has 1 aromatic carbocycles. The van der Waals surface area contributed by atoms with Crippen molar-refractivity contribution in [1.29, 1.82) is 0 Å². The summed E-state index contributed by atoms with van der Waals surface area (Å²) in [6.07, 6.45) is 0. The second-order valence-electron chi connectivity index (χ2n) is 1.22. The SMILES string of the molecule is Clc1cc[c-]cc1.[Br-].[Zn+2]. The monoisotopic (exact) mass is 254 g/mol. The molecule has 0 aliphatic heterocycles. The van der Waals surface area contributed by atoms with Gasteiger partial charge < -0.3 is 17.0 Å². The molecule has 1 aromatic rings. The number of hydrogen-bond acceptors (Lipinski definition) is 0. The van der Waals surface area contributed by atoms with Crippen LogP contribution in [0.4, 0.5) is 0 Å². The zero-order valence-electron chi connectivity index (χ0n) is 4.77. The molecule has 9 heavy (non-hydrogen) atoms. The molecule has 0 aliphatic carbocycles. The summed E-state index contributed by atoms with van der Waals surface area (Å²) < 4.78 is 0. The summed E-state index contributed by atoms with van der Waals surface area (Å²) in [5, 5.41) is 0.763. The van der Waals surface area contributed by atoms with Gasteiger partial charge in [0.15, 0.2) is 0 Å². The van der Waals surface area contributed by atoms with Crippen LogP contribution in [0.25, 0.3) is 0 Å². The number of rotatable bonds is 0. The van der Waals surface area contributed by atoms with Gasteiger partial charge in [-0.1, -0.05) is 5.02 Å². The molecule has 3 heteroatoms. The van der Waals surface area contributed by atoms with Gasteiger partial charge in [0, 0.05) is 0 Å². The largest absolute Gasteiger partial charge is 2.00 e. The molecule has 0 N–H and O–H groups in total. The van der Waals surface area contributed by atoms with Gasteiger partial charge in [-0.2, -0.15) is 30.3 Å². The van der Waals surface area contributed by atoms with E-state index in [0.717, 1.165) is 5.02 Å². The average molecular weight is 257 g/mol. The summed E-state index contributed by atoms with van der Waals surface area (Å²) in [5.74, 6) is 0. The quantitative estimate of drug-likeness (QED) is 0.419. The second-order valence-corrected chi connectivity index (χ2v) is 1.65. The normalized spacial score (nSPS) is 6.78. The van der Waals surface area contributed by atoms with Crippen molar-refractivity contribution in [3.63, 3.8) is 0 Å². The van der Waals surface area contributed by atoms with E-state index in [0.29, 0.717) is 0 Å². The van der Waals surface area contributed by atoms with E-state index in [1.54, 1.807) is 24.3 Å². The number of halogens is 2. The van der Waals surface area contributed by atoms with E-state index in [2.05, 4.69) is 6.07 Å². The molecular weight excluding hydrogens is 253 g/mol. The smallest absolute Gasteiger partial charge is 1.00 e. The molecule has 0 amide bonds. The Balaban J connectivity index is 0. The average Bonchev–Trinajstić information content (AvgIpc) is 1.69. The fourth-order valence-electron chi connectivity index (χ4n) is 0.367. The van der Waals surface area contributed by atoms with Crippen LogP contribution in [-0.2, 0) is 19.5 Å². The van der Waals surface area contributed by atoms with Gasteiger partial charge in [-0.25, -0.2) is 0 Å². The molecule has 0 bridgehead atoms. The van der Waals surface area contributed by atoms with Crippen molar-refractivity contribution < 1.29 is 36.5 Å². The molecule has 44 valence electrons. The molecule has 0 saturated heterocycles. The Morgan fingerprint density at radius 1 is 1.22 bits per heavy atom. The first kappa shape index (κ1) is 12.3. The molecule has 0 aliphatic rings. The maximum atomic E-state index is 5.52. The predicted octanol–water partition coefficient (Wildman–Crippen LogP) is -0.858. The fourth-order valence-corrected chi connectivity index (χ4v) is 0.493. The number of hydrogen-bond donors (Lipinski definition) is 0. The van der Waals surface area contributed by atoms with Crippen LogP contribution in [0.3, 0.4) is 0 Å². The third-order valence-corrected chi connectivity index (χ3v) is 0.930. The van der Waals surface area contributed by atoms with E-state index in [9.17, 15) is 0 Å². The second kappa shape index (κ2) is 6.73. The molecule has 0 nitrogen and oxygen atoms in total. The third kappa shape index (κ3) is 5.08. The van der Waals surface area contributed by atoms with Crippen molar-refractivity contribution in [3.8, 4) is 0 Å². The molecule has 0 atom stereocenters. The van der Waals surface area contributed by atoms with E-state index in [-0.39, 0.29) is 36.5 Å². The van der Waals surface area contributed by atoms with E-state index >= 15 is 0 Å². The van der Waals surface area contributed by atoms with Crippen LogP contribution in [0.1, 0.15) is 0 Å². The Bertz CT molecular complexity index is 143. The minimum Gasteiger partial charge on any atom is -1.00 e. The van der Waals surface area contributed by atoms with E-state index in [1.165, 1.54) is 0 Å². The van der Waals surface area contributed by atoms with Gasteiger partial charge in [0.2, 0.25) is 0 Å². The Labute approximate surface area is 83.1 Å². The summed E-state index contributed by atoms with van der Waals surface area (Å²) in [6.45, 7) is 0. The van der Waals surface area contributed by atoms with Crippen molar-refractivity contribution in [1.82, 2.24) is 0 Å². The van der Waals surface area contributed by atoms with Gasteiger partial charge in [0.05, 0.1) is 0 Å². The third-order valence-electron chi connectivity index (χ3n) is 0.678. The van der Waals surface area contributed by atoms with Gasteiger partial charge in [-0.15, -0.1) is 11.6 Å². The zero-order chi connectivity index (χ0) is 5.11. The van der Waals surface area contributed by atoms with Crippen molar-refractivity contribution >= 4 is 11.6 Å². The van der Waals surface area contributed by atoms with Gasteiger partial charge in [-0.05, 0) is 0 Å². The first-order valence-corrected chi connectivity index (χ1v) is 2.39. The van der Waals surface area contributed by atoms with Gasteiger partial charge in [-0.3, -0.25) is 0 Å². The van der Waals surface area contributed by atoms with E-state index in [1.807, 2.05) is 0 Å². The first-order chi connectivity index (χ1) is 3.39.